The van der Waals surface area contributed by atoms with Crippen LogP contribution >= 0.6 is 0 Å². The van der Waals surface area contributed by atoms with Crippen molar-refractivity contribution in [2.24, 2.45) is 5.92 Å². The molecular weight excluding hydrogens is 132 g/mol. The van der Waals surface area contributed by atoms with Gasteiger partial charge in [-0.1, -0.05) is 24.5 Å². The van der Waals surface area contributed by atoms with Crippen molar-refractivity contribution >= 4 is 0 Å². The molecule has 1 saturated carbocycles. The van der Waals surface area contributed by atoms with Gasteiger partial charge in [-0.05, 0) is 44.4 Å². The van der Waals surface area contributed by atoms with E-state index >= 15 is 0 Å². The third kappa shape index (κ3) is 1.66. The van der Waals surface area contributed by atoms with Crippen LogP contribution in [0.5, 0.6) is 0 Å². The number of hydrogen-bond acceptors (Lipinski definition) is 0. The van der Waals surface area contributed by atoms with Crippen molar-refractivity contribution in [3.63, 3.8) is 0 Å². The van der Waals surface area contributed by atoms with Crippen LogP contribution in [0.2, 0.25) is 0 Å². The van der Waals surface area contributed by atoms with Crippen LogP contribution in [0.25, 0.3) is 0 Å². The van der Waals surface area contributed by atoms with E-state index in [1.54, 1.807) is 0 Å². The molecule has 0 atom stereocenters. The summed E-state index contributed by atoms with van der Waals surface area (Å²) in [5.41, 5.74) is 1.81. The Labute approximate surface area is 69.7 Å². The standard InChI is InChI=1S/C11H18/c1-2-6-10(7-3-1)11-8-4-5-9-11/h6,11H,1-5,7-9H2. The van der Waals surface area contributed by atoms with Crippen molar-refractivity contribution in [3.8, 4) is 0 Å². The highest BCUT2D eigenvalue weighted by molar-refractivity contribution is 5.10. The van der Waals surface area contributed by atoms with Crippen LogP contribution in [0.15, 0.2) is 11.6 Å². The van der Waals surface area contributed by atoms with E-state index in [0.717, 1.165) is 5.92 Å². The molecule has 11 heavy (non-hydrogen) atoms. The minimum atomic E-state index is 1.01. The maximum absolute atomic E-state index is 2.53. The number of allylic oxidation sites excluding steroid dienone is 2. The van der Waals surface area contributed by atoms with Crippen LogP contribution in [-0.2, 0) is 0 Å². The van der Waals surface area contributed by atoms with Gasteiger partial charge in [0.2, 0.25) is 0 Å². The van der Waals surface area contributed by atoms with Crippen molar-refractivity contribution in [2.75, 3.05) is 0 Å². The zero-order valence-corrected chi connectivity index (χ0v) is 7.31. The summed E-state index contributed by atoms with van der Waals surface area (Å²) in [5, 5.41) is 0. The smallest absolute Gasteiger partial charge is 0.0203 e. The maximum atomic E-state index is 2.53. The summed E-state index contributed by atoms with van der Waals surface area (Å²) in [6.07, 6.45) is 14.2. The van der Waals surface area contributed by atoms with Gasteiger partial charge in [0.15, 0.2) is 0 Å². The van der Waals surface area contributed by atoms with E-state index in [-0.39, 0.29) is 0 Å². The average Bonchev–Trinajstić information content (AvgIpc) is 2.58. The third-order valence-corrected chi connectivity index (χ3v) is 3.21. The Morgan fingerprint density at radius 1 is 1.00 bits per heavy atom. The summed E-state index contributed by atoms with van der Waals surface area (Å²) in [6, 6.07) is 0. The lowest BCUT2D eigenvalue weighted by molar-refractivity contribution is 0.564. The fraction of sp³-hybridized carbons (Fsp3) is 0.818. The predicted molar refractivity (Wildman–Crippen MR) is 48.5 cm³/mol. The van der Waals surface area contributed by atoms with E-state index in [0.29, 0.717) is 0 Å². The van der Waals surface area contributed by atoms with Crippen molar-refractivity contribution in [1.29, 1.82) is 0 Å². The fourth-order valence-electron chi connectivity index (χ4n) is 2.53. The van der Waals surface area contributed by atoms with Crippen molar-refractivity contribution < 1.29 is 0 Å². The molecule has 0 amide bonds. The second-order valence-electron chi connectivity index (χ2n) is 4.01. The van der Waals surface area contributed by atoms with Gasteiger partial charge in [0.1, 0.15) is 0 Å². The molecule has 0 radical (unpaired) electrons. The average molecular weight is 150 g/mol. The first-order valence-corrected chi connectivity index (χ1v) is 5.16. The molecule has 0 aliphatic heterocycles. The van der Waals surface area contributed by atoms with E-state index in [1.165, 1.54) is 51.4 Å². The van der Waals surface area contributed by atoms with E-state index in [9.17, 15) is 0 Å². The van der Waals surface area contributed by atoms with E-state index in [2.05, 4.69) is 6.08 Å². The van der Waals surface area contributed by atoms with Gasteiger partial charge in [-0.3, -0.25) is 0 Å². The van der Waals surface area contributed by atoms with Crippen LogP contribution in [0.3, 0.4) is 0 Å². The van der Waals surface area contributed by atoms with Crippen molar-refractivity contribution in [2.45, 2.75) is 51.4 Å². The molecule has 0 heteroatoms. The monoisotopic (exact) mass is 150 g/mol. The molecule has 0 spiro atoms. The second kappa shape index (κ2) is 3.42. The molecule has 62 valence electrons. The molecule has 2 rings (SSSR count). The Kier molecular flexibility index (Phi) is 2.30. The number of rotatable bonds is 1. The Bertz CT molecular complexity index is 149. The normalized spacial score (nSPS) is 27.1. The molecule has 0 N–H and O–H groups in total. The van der Waals surface area contributed by atoms with Gasteiger partial charge < -0.3 is 0 Å². The van der Waals surface area contributed by atoms with E-state index < -0.39 is 0 Å². The molecular formula is C11H18. The molecule has 0 unspecified atom stereocenters. The van der Waals surface area contributed by atoms with Gasteiger partial charge in [-0.25, -0.2) is 0 Å². The zero-order valence-electron chi connectivity index (χ0n) is 7.31. The van der Waals surface area contributed by atoms with Crippen molar-refractivity contribution in [3.05, 3.63) is 11.6 Å². The van der Waals surface area contributed by atoms with E-state index in [4.69, 9.17) is 0 Å². The van der Waals surface area contributed by atoms with Crippen LogP contribution in [0, 0.1) is 5.92 Å². The fourth-order valence-corrected chi connectivity index (χ4v) is 2.53. The van der Waals surface area contributed by atoms with Crippen LogP contribution < -0.4 is 0 Å². The van der Waals surface area contributed by atoms with Gasteiger partial charge in [0, 0.05) is 0 Å². The lowest BCUT2D eigenvalue weighted by atomic mass is 9.88. The first-order chi connectivity index (χ1) is 5.47. The first-order valence-electron chi connectivity index (χ1n) is 5.16. The molecule has 2 aliphatic carbocycles. The highest BCUT2D eigenvalue weighted by atomic mass is 14.2. The predicted octanol–water partition coefficient (Wildman–Crippen LogP) is 3.68. The summed E-state index contributed by atoms with van der Waals surface area (Å²) in [7, 11) is 0. The van der Waals surface area contributed by atoms with Gasteiger partial charge in [0.05, 0.1) is 0 Å². The SMILES string of the molecule is C1=C(C2CCCC2)CCCC1. The topological polar surface area (TPSA) is 0 Å². The highest BCUT2D eigenvalue weighted by Crippen LogP contribution is 2.35. The lowest BCUT2D eigenvalue weighted by Gasteiger charge is -2.18. The molecule has 0 bridgehead atoms. The first kappa shape index (κ1) is 7.39. The minimum absolute atomic E-state index is 1.01. The molecule has 0 aromatic carbocycles. The summed E-state index contributed by atoms with van der Waals surface area (Å²) >= 11 is 0. The van der Waals surface area contributed by atoms with Crippen LogP contribution in [0.4, 0.5) is 0 Å². The summed E-state index contributed by atoms with van der Waals surface area (Å²) in [4.78, 5) is 0. The molecule has 1 fully saturated rings. The van der Waals surface area contributed by atoms with Gasteiger partial charge in [-0.2, -0.15) is 0 Å². The van der Waals surface area contributed by atoms with Crippen molar-refractivity contribution in [1.82, 2.24) is 0 Å². The Morgan fingerprint density at radius 2 is 1.82 bits per heavy atom. The lowest BCUT2D eigenvalue weighted by Crippen LogP contribution is -2.02. The number of hydrogen-bond donors (Lipinski definition) is 0. The summed E-state index contributed by atoms with van der Waals surface area (Å²) in [6.45, 7) is 0. The summed E-state index contributed by atoms with van der Waals surface area (Å²) in [5.74, 6) is 1.01. The molecule has 0 nitrogen and oxygen atoms in total. The summed E-state index contributed by atoms with van der Waals surface area (Å²) < 4.78 is 0. The molecule has 0 heterocycles. The highest BCUT2D eigenvalue weighted by Gasteiger charge is 2.19. The quantitative estimate of drug-likeness (QED) is 0.500. The Balaban J connectivity index is 1.96. The van der Waals surface area contributed by atoms with Crippen LogP contribution in [0.1, 0.15) is 51.4 Å². The molecule has 2 aliphatic rings. The third-order valence-electron chi connectivity index (χ3n) is 3.21. The van der Waals surface area contributed by atoms with Gasteiger partial charge >= 0.3 is 0 Å². The second-order valence-corrected chi connectivity index (χ2v) is 4.01. The largest absolute Gasteiger partial charge is 0.0851 e. The zero-order chi connectivity index (χ0) is 7.52. The molecule has 0 aromatic heterocycles. The Morgan fingerprint density at radius 3 is 2.45 bits per heavy atom. The Hall–Kier alpha value is -0.260. The maximum Gasteiger partial charge on any atom is -0.0203 e. The van der Waals surface area contributed by atoms with E-state index in [1.807, 2.05) is 5.57 Å². The van der Waals surface area contributed by atoms with Gasteiger partial charge in [-0.15, -0.1) is 0 Å². The van der Waals surface area contributed by atoms with Crippen LogP contribution in [-0.4, -0.2) is 0 Å². The molecule has 0 saturated heterocycles. The van der Waals surface area contributed by atoms with Gasteiger partial charge in [0.25, 0.3) is 0 Å². The molecule has 0 aromatic rings. The minimum Gasteiger partial charge on any atom is -0.0851 e.